The molecule has 94 valence electrons. The summed E-state index contributed by atoms with van der Waals surface area (Å²) in [5, 5.41) is 2.16. The monoisotopic (exact) mass is 248 g/mol. The average Bonchev–Trinajstić information content (AvgIpc) is 2.14. The first kappa shape index (κ1) is 14.5. The molecule has 0 saturated heterocycles. The van der Waals surface area contributed by atoms with Gasteiger partial charge in [-0.05, 0) is 21.2 Å². The van der Waals surface area contributed by atoms with Crippen LogP contribution in [0.1, 0.15) is 47.1 Å². The molecule has 0 amide bonds. The molecular weight excluding hydrogens is 223 g/mol. The molecule has 0 bridgehead atoms. The van der Waals surface area contributed by atoms with Crippen LogP contribution in [0.25, 0.3) is 6.08 Å². The van der Waals surface area contributed by atoms with Gasteiger partial charge in [-0.2, -0.15) is 0 Å². The van der Waals surface area contributed by atoms with Crippen molar-refractivity contribution in [1.29, 1.82) is 0 Å². The molecule has 0 unspecified atom stereocenters. The van der Waals surface area contributed by atoms with Gasteiger partial charge in [-0.3, -0.25) is 0 Å². The van der Waals surface area contributed by atoms with E-state index in [0.717, 1.165) is 0 Å². The van der Waals surface area contributed by atoms with Gasteiger partial charge in [-0.1, -0.05) is 86.4 Å². The molecule has 17 heavy (non-hydrogen) atoms. The Morgan fingerprint density at radius 1 is 0.882 bits per heavy atom. The Kier molecular flexibility index (Phi) is 4.20. The predicted molar refractivity (Wildman–Crippen MR) is 82.6 cm³/mol. The fraction of sp³-hybridized carbons (Fsp3) is 0.500. The van der Waals surface area contributed by atoms with E-state index in [4.69, 9.17) is 0 Å². The zero-order valence-electron chi connectivity index (χ0n) is 12.0. The second-order valence-electron chi connectivity index (χ2n) is 6.47. The largest absolute Gasteiger partial charge is 0.0985 e. The topological polar surface area (TPSA) is 0 Å². The Morgan fingerprint density at radius 3 is 1.59 bits per heavy atom. The molecule has 1 rings (SSSR count). The van der Waals surface area contributed by atoms with Crippen molar-refractivity contribution in [3.63, 3.8) is 0 Å². The SMILES string of the molecule is C=Cc1ccc(P(C(C)(C)C)C(C)(C)C)cc1. The fourth-order valence-electron chi connectivity index (χ4n) is 2.54. The number of benzene rings is 1. The molecule has 0 fully saturated rings. The Morgan fingerprint density at radius 2 is 1.29 bits per heavy atom. The maximum Gasteiger partial charge on any atom is -0.0134 e. The molecule has 0 atom stereocenters. The molecule has 0 radical (unpaired) electrons. The summed E-state index contributed by atoms with van der Waals surface area (Å²) in [6.07, 6.45) is 1.90. The third-order valence-corrected chi connectivity index (χ3v) is 6.23. The minimum atomic E-state index is -0.190. The normalized spacial score (nSPS) is 12.9. The third kappa shape index (κ3) is 3.68. The van der Waals surface area contributed by atoms with Gasteiger partial charge in [0.1, 0.15) is 0 Å². The smallest absolute Gasteiger partial charge is 0.0134 e. The maximum absolute atomic E-state index is 3.81. The Labute approximate surface area is 108 Å². The molecule has 0 heterocycles. The van der Waals surface area contributed by atoms with Gasteiger partial charge in [0, 0.05) is 0 Å². The molecule has 0 spiro atoms. The van der Waals surface area contributed by atoms with Crippen molar-refractivity contribution < 1.29 is 0 Å². The van der Waals surface area contributed by atoms with E-state index in [9.17, 15) is 0 Å². The lowest BCUT2D eigenvalue weighted by molar-refractivity contribution is 0.715. The van der Waals surface area contributed by atoms with Gasteiger partial charge >= 0.3 is 0 Å². The summed E-state index contributed by atoms with van der Waals surface area (Å²) < 4.78 is 0. The highest BCUT2D eigenvalue weighted by atomic mass is 31.1. The zero-order chi connectivity index (χ0) is 13.3. The van der Waals surface area contributed by atoms with Crippen LogP contribution < -0.4 is 5.30 Å². The molecule has 0 nitrogen and oxygen atoms in total. The Hall–Kier alpha value is -0.610. The molecule has 0 aliphatic rings. The molecule has 0 N–H and O–H groups in total. The van der Waals surface area contributed by atoms with Crippen LogP contribution in [0.5, 0.6) is 0 Å². The first-order chi connectivity index (χ1) is 7.66. The molecular formula is C16H25P. The molecule has 1 heteroatoms. The summed E-state index contributed by atoms with van der Waals surface area (Å²) in [4.78, 5) is 0. The van der Waals surface area contributed by atoms with Crippen LogP contribution >= 0.6 is 7.92 Å². The quantitative estimate of drug-likeness (QED) is 0.644. The molecule has 0 saturated carbocycles. The minimum absolute atomic E-state index is 0.190. The number of hydrogen-bond acceptors (Lipinski definition) is 0. The van der Waals surface area contributed by atoms with Gasteiger partial charge < -0.3 is 0 Å². The van der Waals surface area contributed by atoms with Gasteiger partial charge in [0.2, 0.25) is 0 Å². The summed E-state index contributed by atoms with van der Waals surface area (Å²) in [5.74, 6) is 0. The van der Waals surface area contributed by atoms with Crippen LogP contribution in [-0.2, 0) is 0 Å². The van der Waals surface area contributed by atoms with Crippen molar-refractivity contribution in [2.75, 3.05) is 0 Å². The number of rotatable bonds is 2. The first-order valence-corrected chi connectivity index (χ1v) is 7.53. The summed E-state index contributed by atoms with van der Waals surface area (Å²) in [6.45, 7) is 17.9. The van der Waals surface area contributed by atoms with Gasteiger partial charge in [-0.15, -0.1) is 0 Å². The van der Waals surface area contributed by atoms with E-state index in [-0.39, 0.29) is 7.92 Å². The van der Waals surface area contributed by atoms with Gasteiger partial charge in [0.05, 0.1) is 0 Å². The summed E-state index contributed by atoms with van der Waals surface area (Å²) in [6, 6.07) is 8.91. The predicted octanol–water partition coefficient (Wildman–Crippen LogP) is 5.03. The second kappa shape index (κ2) is 4.94. The zero-order valence-corrected chi connectivity index (χ0v) is 12.9. The fourth-order valence-corrected chi connectivity index (χ4v) is 6.55. The van der Waals surface area contributed by atoms with Crippen molar-refractivity contribution >= 4 is 19.3 Å². The Balaban J connectivity index is 3.19. The van der Waals surface area contributed by atoms with Crippen molar-refractivity contribution in [1.82, 2.24) is 0 Å². The average molecular weight is 248 g/mol. The van der Waals surface area contributed by atoms with Crippen LogP contribution in [0, 0.1) is 0 Å². The Bertz CT molecular complexity index is 359. The van der Waals surface area contributed by atoms with Gasteiger partial charge in [0.15, 0.2) is 0 Å². The lowest BCUT2D eigenvalue weighted by Gasteiger charge is -2.41. The third-order valence-electron chi connectivity index (χ3n) is 2.73. The van der Waals surface area contributed by atoms with Crippen molar-refractivity contribution in [2.24, 2.45) is 0 Å². The molecule has 1 aromatic rings. The van der Waals surface area contributed by atoms with E-state index < -0.39 is 0 Å². The highest BCUT2D eigenvalue weighted by molar-refractivity contribution is 7.68. The number of hydrogen-bond donors (Lipinski definition) is 0. The van der Waals surface area contributed by atoms with E-state index >= 15 is 0 Å². The van der Waals surface area contributed by atoms with Crippen LogP contribution in [-0.4, -0.2) is 10.3 Å². The highest BCUT2D eigenvalue weighted by Gasteiger charge is 2.35. The van der Waals surface area contributed by atoms with Crippen LogP contribution in [0.15, 0.2) is 30.8 Å². The summed E-state index contributed by atoms with van der Waals surface area (Å²) in [5.41, 5.74) is 1.20. The van der Waals surface area contributed by atoms with E-state index in [2.05, 4.69) is 72.4 Å². The van der Waals surface area contributed by atoms with Crippen molar-refractivity contribution in [2.45, 2.75) is 51.9 Å². The van der Waals surface area contributed by atoms with E-state index in [1.807, 2.05) is 6.08 Å². The standard InChI is InChI=1S/C16H25P/c1-8-13-9-11-14(12-10-13)17(15(2,3)4)16(5,6)7/h8-12H,1H2,2-7H3. The van der Waals surface area contributed by atoms with Gasteiger partial charge in [-0.25, -0.2) is 0 Å². The highest BCUT2D eigenvalue weighted by Crippen LogP contribution is 2.58. The second-order valence-corrected chi connectivity index (χ2v) is 10.3. The summed E-state index contributed by atoms with van der Waals surface area (Å²) >= 11 is 0. The summed E-state index contributed by atoms with van der Waals surface area (Å²) in [7, 11) is -0.190. The van der Waals surface area contributed by atoms with Gasteiger partial charge in [0.25, 0.3) is 0 Å². The maximum atomic E-state index is 3.81. The molecule has 0 aliphatic carbocycles. The van der Waals surface area contributed by atoms with Crippen molar-refractivity contribution in [3.8, 4) is 0 Å². The van der Waals surface area contributed by atoms with E-state index in [0.29, 0.717) is 10.3 Å². The van der Waals surface area contributed by atoms with Crippen LogP contribution in [0.4, 0.5) is 0 Å². The molecule has 1 aromatic carbocycles. The molecule has 0 aromatic heterocycles. The minimum Gasteiger partial charge on any atom is -0.0985 e. The molecule has 0 aliphatic heterocycles. The van der Waals surface area contributed by atoms with Crippen LogP contribution in [0.3, 0.4) is 0 Å². The lowest BCUT2D eigenvalue weighted by atomic mass is 10.2. The van der Waals surface area contributed by atoms with E-state index in [1.54, 1.807) is 0 Å². The lowest BCUT2D eigenvalue weighted by Crippen LogP contribution is -2.31. The van der Waals surface area contributed by atoms with E-state index in [1.165, 1.54) is 10.9 Å². The first-order valence-electron chi connectivity index (χ1n) is 6.19. The van der Waals surface area contributed by atoms with Crippen molar-refractivity contribution in [3.05, 3.63) is 36.4 Å². The van der Waals surface area contributed by atoms with Crippen LogP contribution in [0.2, 0.25) is 0 Å².